The van der Waals surface area contributed by atoms with Crippen LogP contribution in [-0.4, -0.2) is 22.6 Å². The molecule has 0 saturated carbocycles. The highest BCUT2D eigenvalue weighted by Crippen LogP contribution is 2.24. The highest BCUT2D eigenvalue weighted by atomic mass is 32.2. The molecule has 0 radical (unpaired) electrons. The molecule has 0 spiro atoms. The van der Waals surface area contributed by atoms with Crippen molar-refractivity contribution in [3.05, 3.63) is 59.7 Å². The summed E-state index contributed by atoms with van der Waals surface area (Å²) in [4.78, 5) is 1.22. The summed E-state index contributed by atoms with van der Waals surface area (Å²) in [6.07, 6.45) is 0.822. The van der Waals surface area contributed by atoms with Crippen LogP contribution < -0.4 is 5.32 Å². The fourth-order valence-electron chi connectivity index (χ4n) is 2.20. The fraction of sp³-hybridized carbons (Fsp3) is 0.333. The third-order valence-electron chi connectivity index (χ3n) is 3.44. The molecule has 0 saturated heterocycles. The van der Waals surface area contributed by atoms with Gasteiger partial charge in [-0.05, 0) is 48.7 Å². The molecule has 118 valence electrons. The Labute approximate surface area is 136 Å². The number of hydrogen-bond donors (Lipinski definition) is 3. The Morgan fingerprint density at radius 2 is 1.86 bits per heavy atom. The van der Waals surface area contributed by atoms with Crippen LogP contribution in [0.3, 0.4) is 0 Å². The van der Waals surface area contributed by atoms with Gasteiger partial charge >= 0.3 is 0 Å². The summed E-state index contributed by atoms with van der Waals surface area (Å²) in [5, 5.41) is 21.5. The van der Waals surface area contributed by atoms with E-state index in [1.807, 2.05) is 18.2 Å². The van der Waals surface area contributed by atoms with Gasteiger partial charge in [0, 0.05) is 29.0 Å². The van der Waals surface area contributed by atoms with E-state index < -0.39 is 0 Å². The molecule has 3 N–H and O–H groups in total. The van der Waals surface area contributed by atoms with Crippen molar-refractivity contribution in [3.8, 4) is 0 Å². The molecule has 0 aliphatic heterocycles. The molecule has 0 aromatic heterocycles. The molecule has 4 heteroatoms. The molecule has 2 aromatic rings. The van der Waals surface area contributed by atoms with Crippen LogP contribution in [0.1, 0.15) is 30.5 Å². The number of rotatable bonds is 8. The van der Waals surface area contributed by atoms with E-state index in [9.17, 15) is 5.11 Å². The Hall–Kier alpha value is -1.49. The normalized spacial score (nSPS) is 12.1. The van der Waals surface area contributed by atoms with Crippen LogP contribution >= 0.6 is 11.8 Å². The molecule has 1 unspecified atom stereocenters. The Kier molecular flexibility index (Phi) is 6.77. The van der Waals surface area contributed by atoms with Gasteiger partial charge in [0.1, 0.15) is 0 Å². The number of anilines is 1. The van der Waals surface area contributed by atoms with E-state index in [2.05, 4.69) is 42.6 Å². The second kappa shape index (κ2) is 8.83. The first-order chi connectivity index (χ1) is 10.7. The van der Waals surface area contributed by atoms with Crippen LogP contribution in [0.4, 0.5) is 5.69 Å². The molecule has 0 bridgehead atoms. The highest BCUT2D eigenvalue weighted by molar-refractivity contribution is 7.99. The topological polar surface area (TPSA) is 52.5 Å². The average Bonchev–Trinajstić information content (AvgIpc) is 2.56. The number of aliphatic hydroxyl groups is 2. The van der Waals surface area contributed by atoms with Crippen molar-refractivity contribution in [3.63, 3.8) is 0 Å². The van der Waals surface area contributed by atoms with E-state index in [1.54, 1.807) is 11.8 Å². The Morgan fingerprint density at radius 3 is 2.55 bits per heavy atom. The quantitative estimate of drug-likeness (QED) is 0.512. The number of hydrogen-bond acceptors (Lipinski definition) is 4. The van der Waals surface area contributed by atoms with Crippen molar-refractivity contribution in [2.75, 3.05) is 17.7 Å². The summed E-state index contributed by atoms with van der Waals surface area (Å²) < 4.78 is 0. The molecule has 0 aliphatic rings. The first kappa shape index (κ1) is 16.9. The molecule has 22 heavy (non-hydrogen) atoms. The second-order valence-electron chi connectivity index (χ2n) is 5.22. The van der Waals surface area contributed by atoms with E-state index in [4.69, 9.17) is 5.11 Å². The van der Waals surface area contributed by atoms with Gasteiger partial charge in [0.15, 0.2) is 0 Å². The van der Waals surface area contributed by atoms with Gasteiger partial charge in [0.05, 0.1) is 6.61 Å². The van der Waals surface area contributed by atoms with E-state index in [1.165, 1.54) is 4.90 Å². The van der Waals surface area contributed by atoms with Crippen molar-refractivity contribution in [1.29, 1.82) is 0 Å². The standard InChI is InChI=1S/C18H23NO2S/c1-14(16-5-2-4-15(12-16)13-21)19-17-6-8-18(9-7-17)22-11-3-10-20/h2,4-9,12,14,19-21H,3,10-11,13H2,1H3. The Balaban J connectivity index is 1.94. The van der Waals surface area contributed by atoms with Crippen LogP contribution in [0.5, 0.6) is 0 Å². The van der Waals surface area contributed by atoms with Crippen molar-refractivity contribution in [1.82, 2.24) is 0 Å². The second-order valence-corrected chi connectivity index (χ2v) is 6.39. The monoisotopic (exact) mass is 317 g/mol. The summed E-state index contributed by atoms with van der Waals surface area (Å²) in [5.74, 6) is 0.938. The van der Waals surface area contributed by atoms with Gasteiger partial charge in [-0.3, -0.25) is 0 Å². The average molecular weight is 317 g/mol. The molecular weight excluding hydrogens is 294 g/mol. The predicted molar refractivity (Wildman–Crippen MR) is 93.3 cm³/mol. The van der Waals surface area contributed by atoms with Crippen LogP contribution in [0.25, 0.3) is 0 Å². The number of benzene rings is 2. The molecular formula is C18H23NO2S. The maximum absolute atomic E-state index is 9.21. The summed E-state index contributed by atoms with van der Waals surface area (Å²) in [6.45, 7) is 2.43. The lowest BCUT2D eigenvalue weighted by molar-refractivity contribution is 0.281. The molecule has 3 nitrogen and oxygen atoms in total. The minimum absolute atomic E-state index is 0.0698. The largest absolute Gasteiger partial charge is 0.396 e. The first-order valence-electron chi connectivity index (χ1n) is 7.53. The van der Waals surface area contributed by atoms with Gasteiger partial charge in [0.25, 0.3) is 0 Å². The van der Waals surface area contributed by atoms with Crippen molar-refractivity contribution in [2.24, 2.45) is 0 Å². The van der Waals surface area contributed by atoms with E-state index in [0.29, 0.717) is 0 Å². The molecule has 2 rings (SSSR count). The van der Waals surface area contributed by atoms with Crippen LogP contribution in [0.15, 0.2) is 53.4 Å². The lowest BCUT2D eigenvalue weighted by Gasteiger charge is -2.16. The highest BCUT2D eigenvalue weighted by Gasteiger charge is 2.06. The Bertz CT molecular complexity index is 572. The minimum Gasteiger partial charge on any atom is -0.396 e. The predicted octanol–water partition coefficient (Wildman–Crippen LogP) is 3.83. The smallest absolute Gasteiger partial charge is 0.0681 e. The van der Waals surface area contributed by atoms with Gasteiger partial charge in [-0.1, -0.05) is 24.3 Å². The molecule has 0 amide bonds. The first-order valence-corrected chi connectivity index (χ1v) is 8.51. The van der Waals surface area contributed by atoms with Crippen molar-refractivity contribution < 1.29 is 10.2 Å². The summed E-state index contributed by atoms with van der Waals surface area (Å²) in [7, 11) is 0. The van der Waals surface area contributed by atoms with Crippen LogP contribution in [0.2, 0.25) is 0 Å². The maximum atomic E-state index is 9.21. The van der Waals surface area contributed by atoms with Crippen molar-refractivity contribution in [2.45, 2.75) is 30.9 Å². The zero-order chi connectivity index (χ0) is 15.8. The summed E-state index contributed by atoms with van der Waals surface area (Å²) in [6, 6.07) is 16.5. The maximum Gasteiger partial charge on any atom is 0.0681 e. The van der Waals surface area contributed by atoms with Gasteiger partial charge < -0.3 is 15.5 Å². The van der Waals surface area contributed by atoms with Crippen LogP contribution in [0, 0.1) is 0 Å². The Morgan fingerprint density at radius 1 is 1.09 bits per heavy atom. The molecule has 1 atom stereocenters. The van der Waals surface area contributed by atoms with E-state index >= 15 is 0 Å². The van der Waals surface area contributed by atoms with Gasteiger partial charge in [-0.15, -0.1) is 11.8 Å². The van der Waals surface area contributed by atoms with Crippen molar-refractivity contribution >= 4 is 17.4 Å². The SMILES string of the molecule is CC(Nc1ccc(SCCCO)cc1)c1cccc(CO)c1. The molecule has 0 aliphatic carbocycles. The number of thioether (sulfide) groups is 1. The molecule has 2 aromatic carbocycles. The fourth-order valence-corrected chi connectivity index (χ4v) is 3.03. The van der Waals surface area contributed by atoms with E-state index in [-0.39, 0.29) is 19.3 Å². The van der Waals surface area contributed by atoms with Gasteiger partial charge in [0.2, 0.25) is 0 Å². The zero-order valence-corrected chi connectivity index (χ0v) is 13.6. The molecule has 0 heterocycles. The van der Waals surface area contributed by atoms with E-state index in [0.717, 1.165) is 29.0 Å². The van der Waals surface area contributed by atoms with Gasteiger partial charge in [-0.25, -0.2) is 0 Å². The molecule has 0 fully saturated rings. The lowest BCUT2D eigenvalue weighted by Crippen LogP contribution is -2.06. The van der Waals surface area contributed by atoms with Gasteiger partial charge in [-0.2, -0.15) is 0 Å². The zero-order valence-electron chi connectivity index (χ0n) is 12.8. The summed E-state index contributed by atoms with van der Waals surface area (Å²) >= 11 is 1.76. The third kappa shape index (κ3) is 5.05. The lowest BCUT2D eigenvalue weighted by atomic mass is 10.1. The van der Waals surface area contributed by atoms with Crippen LogP contribution in [-0.2, 0) is 6.61 Å². The minimum atomic E-state index is 0.0698. The number of nitrogens with one attached hydrogen (secondary N) is 1. The third-order valence-corrected chi connectivity index (χ3v) is 4.54. The number of aliphatic hydroxyl groups excluding tert-OH is 2. The summed E-state index contributed by atoms with van der Waals surface area (Å²) in [5.41, 5.74) is 3.17.